The lowest BCUT2D eigenvalue weighted by molar-refractivity contribution is -0.144. The summed E-state index contributed by atoms with van der Waals surface area (Å²) in [6, 6.07) is 15.7. The van der Waals surface area contributed by atoms with Gasteiger partial charge in [0.15, 0.2) is 0 Å². The summed E-state index contributed by atoms with van der Waals surface area (Å²) in [7, 11) is -0.979. The van der Waals surface area contributed by atoms with Crippen molar-refractivity contribution in [3.8, 4) is 5.75 Å². The minimum absolute atomic E-state index is 0.0196. The maximum Gasteiger partial charge on any atom is 0.455 e. The van der Waals surface area contributed by atoms with Gasteiger partial charge >= 0.3 is 7.12 Å². The molecule has 238 valence electrons. The Labute approximate surface area is 275 Å². The van der Waals surface area contributed by atoms with Gasteiger partial charge in [-0.05, 0) is 86.5 Å². The lowest BCUT2D eigenvalue weighted by Gasteiger charge is -2.44. The molecule has 3 saturated heterocycles. The molecule has 7 nitrogen and oxygen atoms in total. The van der Waals surface area contributed by atoms with Crippen LogP contribution in [-0.2, 0) is 20.8 Å². The number of piperidine rings is 1. The number of nitrogens with zero attached hydrogens (tertiary/aromatic N) is 2. The lowest BCUT2D eigenvalue weighted by Crippen LogP contribution is -2.48. The molecular weight excluding hydrogens is 631 g/mol. The molecule has 9 heteroatoms. The fraction of sp³-hybridized carbons (Fsp3) is 0.500. The van der Waals surface area contributed by atoms with Gasteiger partial charge in [-0.15, -0.1) is 0 Å². The molecular formula is C36H44BBrN2O5. The Hall–Kier alpha value is -2.72. The molecule has 4 aliphatic rings. The number of allylic oxidation sites excluding steroid dienone is 2. The van der Waals surface area contributed by atoms with Crippen molar-refractivity contribution in [1.82, 2.24) is 9.80 Å². The van der Waals surface area contributed by atoms with Gasteiger partial charge < -0.3 is 14.8 Å². The van der Waals surface area contributed by atoms with E-state index >= 15 is 0 Å². The number of benzene rings is 2. The van der Waals surface area contributed by atoms with Gasteiger partial charge in [0, 0.05) is 35.7 Å². The molecule has 0 unspecified atom stereocenters. The highest BCUT2D eigenvalue weighted by atomic mass is 79.9. The molecule has 0 spiro atoms. The fourth-order valence-electron chi connectivity index (χ4n) is 8.15. The monoisotopic (exact) mass is 674 g/mol. The smallest absolute Gasteiger partial charge is 0.455 e. The minimum atomic E-state index is -0.979. The number of hydrogen-bond donors (Lipinski definition) is 2. The zero-order valence-electron chi connectivity index (χ0n) is 26.5. The summed E-state index contributed by atoms with van der Waals surface area (Å²) in [5.41, 5.74) is 5.45. The van der Waals surface area contributed by atoms with Crippen LogP contribution in [0.4, 0.5) is 0 Å². The summed E-state index contributed by atoms with van der Waals surface area (Å²) in [4.78, 5) is 32.3. The summed E-state index contributed by atoms with van der Waals surface area (Å²) in [5.74, 6) is -0.640. The topological polar surface area (TPSA) is 90.3 Å². The van der Waals surface area contributed by atoms with Gasteiger partial charge in [0.1, 0.15) is 5.75 Å². The number of halogens is 1. The number of amides is 2. The number of phenolic OH excluding ortho intramolecular Hbond substituents is 1. The fourth-order valence-corrected chi connectivity index (χ4v) is 8.53. The number of rotatable bonds is 8. The summed E-state index contributed by atoms with van der Waals surface area (Å²) >= 11 is 3.48. The van der Waals surface area contributed by atoms with E-state index < -0.39 is 13.0 Å². The number of aromatic hydroxyl groups is 1. The summed E-state index contributed by atoms with van der Waals surface area (Å²) in [6.45, 7) is 8.94. The van der Waals surface area contributed by atoms with Crippen molar-refractivity contribution in [3.63, 3.8) is 0 Å². The third kappa shape index (κ3) is 6.73. The summed E-state index contributed by atoms with van der Waals surface area (Å²) < 4.78 is 7.09. The van der Waals surface area contributed by atoms with E-state index in [1.807, 2.05) is 25.1 Å². The van der Waals surface area contributed by atoms with Crippen molar-refractivity contribution in [2.24, 2.45) is 23.7 Å². The van der Waals surface area contributed by atoms with Gasteiger partial charge in [0.2, 0.25) is 11.8 Å². The molecule has 6 rings (SSSR count). The first-order chi connectivity index (χ1) is 21.6. The number of carbonyl (C=O) groups is 2. The van der Waals surface area contributed by atoms with Crippen LogP contribution in [0.2, 0.25) is 6.32 Å². The van der Waals surface area contributed by atoms with Crippen LogP contribution in [0, 0.1) is 23.7 Å². The van der Waals surface area contributed by atoms with Crippen molar-refractivity contribution in [2.75, 3.05) is 13.1 Å². The SMILES string of the molecule is C/C(=C\c1cc(Br)ccc1O)CC[C@H]1OB(O)C[C@H]2C1=C(C(C)C)C[C@H]1C(=O)N(C3CCN(Cc4ccccc4)CC3)C(=O)[C@H]12. The molecule has 3 fully saturated rings. The molecule has 2 N–H and O–H groups in total. The number of likely N-dealkylation sites (tertiary alicyclic amines) is 2. The van der Waals surface area contributed by atoms with Crippen molar-refractivity contribution in [1.29, 1.82) is 0 Å². The van der Waals surface area contributed by atoms with Gasteiger partial charge in [-0.2, -0.15) is 0 Å². The minimum Gasteiger partial charge on any atom is -0.507 e. The zero-order valence-corrected chi connectivity index (χ0v) is 28.1. The molecule has 3 heterocycles. The molecule has 0 aromatic heterocycles. The largest absolute Gasteiger partial charge is 0.507 e. The quantitative estimate of drug-likeness (QED) is 0.190. The van der Waals surface area contributed by atoms with E-state index in [1.54, 1.807) is 17.0 Å². The number of phenols is 1. The van der Waals surface area contributed by atoms with Gasteiger partial charge in [-0.3, -0.25) is 19.4 Å². The molecule has 0 saturated carbocycles. The predicted octanol–water partition coefficient (Wildman–Crippen LogP) is 6.46. The van der Waals surface area contributed by atoms with Crippen LogP contribution in [0.15, 0.2) is 69.7 Å². The highest BCUT2D eigenvalue weighted by molar-refractivity contribution is 9.10. The highest BCUT2D eigenvalue weighted by Gasteiger charge is 2.58. The first-order valence-corrected chi connectivity index (χ1v) is 17.2. The summed E-state index contributed by atoms with van der Waals surface area (Å²) in [5, 5.41) is 21.2. The molecule has 0 bridgehead atoms. The molecule has 3 aliphatic heterocycles. The standard InChI is InChI=1S/C36H44BBrN2O5/c1-22(2)28-19-29-34(36(43)40(35(29)42)27-13-15-39(16-14-27)21-24-7-5-4-6-8-24)30-20-37(44)45-32(33(28)30)12-9-23(3)17-25-18-26(38)10-11-31(25)41/h4-8,10-11,17-18,22,27,29-30,32,34,41,44H,9,12-16,19-21H2,1-3H3/b23-17+/t29-,30+,32-,34-/m1/s1. The number of fused-ring (bicyclic) bond motifs is 3. The van der Waals surface area contributed by atoms with Crippen LogP contribution in [-0.4, -0.2) is 64.1 Å². The second-order valence-corrected chi connectivity index (χ2v) is 14.6. The Balaban J connectivity index is 1.18. The van der Waals surface area contributed by atoms with Gasteiger partial charge in [-0.1, -0.05) is 77.3 Å². The Kier molecular flexibility index (Phi) is 9.72. The third-order valence-electron chi connectivity index (χ3n) is 10.3. The van der Waals surface area contributed by atoms with Crippen molar-refractivity contribution < 1.29 is 24.4 Å². The molecule has 2 aromatic carbocycles. The molecule has 4 atom stereocenters. The summed E-state index contributed by atoms with van der Waals surface area (Å²) in [6.07, 6.45) is 5.52. The van der Waals surface area contributed by atoms with Gasteiger partial charge in [-0.25, -0.2) is 0 Å². The molecule has 45 heavy (non-hydrogen) atoms. The number of imide groups is 1. The van der Waals surface area contributed by atoms with Gasteiger partial charge in [0.25, 0.3) is 0 Å². The van der Waals surface area contributed by atoms with Crippen LogP contribution < -0.4 is 0 Å². The average molecular weight is 675 g/mol. The molecule has 2 amide bonds. The van der Waals surface area contributed by atoms with E-state index in [0.29, 0.717) is 25.6 Å². The Bertz CT molecular complexity index is 1490. The van der Waals surface area contributed by atoms with Crippen LogP contribution in [0.1, 0.15) is 64.0 Å². The first-order valence-electron chi connectivity index (χ1n) is 16.5. The maximum atomic E-state index is 14.2. The number of hydrogen-bond acceptors (Lipinski definition) is 6. The molecule has 0 radical (unpaired) electrons. The van der Waals surface area contributed by atoms with Crippen molar-refractivity contribution in [3.05, 3.63) is 80.8 Å². The predicted molar refractivity (Wildman–Crippen MR) is 180 cm³/mol. The van der Waals surface area contributed by atoms with Crippen LogP contribution in [0.25, 0.3) is 6.08 Å². The van der Waals surface area contributed by atoms with Crippen molar-refractivity contribution in [2.45, 2.75) is 77.9 Å². The van der Waals surface area contributed by atoms with Crippen molar-refractivity contribution >= 4 is 40.9 Å². The Morgan fingerprint density at radius 3 is 2.53 bits per heavy atom. The molecule has 1 aliphatic carbocycles. The average Bonchev–Trinajstić information content (AvgIpc) is 3.27. The third-order valence-corrected chi connectivity index (χ3v) is 10.8. The second kappa shape index (κ2) is 13.6. The van der Waals surface area contributed by atoms with E-state index in [1.165, 1.54) is 11.1 Å². The van der Waals surface area contributed by atoms with E-state index in [0.717, 1.165) is 53.7 Å². The van der Waals surface area contributed by atoms with E-state index in [9.17, 15) is 19.7 Å². The van der Waals surface area contributed by atoms with Crippen LogP contribution in [0.3, 0.4) is 0 Å². The number of carbonyl (C=O) groups excluding carboxylic acids is 2. The first kappa shape index (κ1) is 32.2. The lowest BCUT2D eigenvalue weighted by atomic mass is 9.57. The van der Waals surface area contributed by atoms with E-state index in [-0.39, 0.29) is 47.5 Å². The normalized spacial score (nSPS) is 26.6. The Morgan fingerprint density at radius 2 is 1.82 bits per heavy atom. The van der Waals surface area contributed by atoms with Crippen LogP contribution in [0.5, 0.6) is 5.75 Å². The van der Waals surface area contributed by atoms with Gasteiger partial charge in [0.05, 0.1) is 17.9 Å². The van der Waals surface area contributed by atoms with E-state index in [2.05, 4.69) is 58.9 Å². The maximum absolute atomic E-state index is 14.2. The van der Waals surface area contributed by atoms with Crippen LogP contribution >= 0.6 is 15.9 Å². The Morgan fingerprint density at radius 1 is 1.09 bits per heavy atom. The van der Waals surface area contributed by atoms with E-state index in [4.69, 9.17) is 4.65 Å². The highest BCUT2D eigenvalue weighted by Crippen LogP contribution is 2.52. The molecule has 2 aromatic rings. The zero-order chi connectivity index (χ0) is 31.8. The second-order valence-electron chi connectivity index (χ2n) is 13.7.